The van der Waals surface area contributed by atoms with E-state index in [9.17, 15) is 19.5 Å². The molecule has 3 N–H and O–H groups in total. The van der Waals surface area contributed by atoms with Gasteiger partial charge in [-0.1, -0.05) is 33.6 Å². The van der Waals surface area contributed by atoms with Crippen LogP contribution in [0.5, 0.6) is 11.5 Å². The van der Waals surface area contributed by atoms with E-state index in [1.54, 1.807) is 27.9 Å². The Morgan fingerprint density at radius 3 is 2.70 bits per heavy atom. The van der Waals surface area contributed by atoms with Crippen molar-refractivity contribution in [3.63, 3.8) is 0 Å². The van der Waals surface area contributed by atoms with Gasteiger partial charge in [-0.05, 0) is 68.1 Å². The Kier molecular flexibility index (Phi) is 9.25. The van der Waals surface area contributed by atoms with Crippen molar-refractivity contribution < 1.29 is 38.4 Å². The van der Waals surface area contributed by atoms with Gasteiger partial charge in [0.25, 0.3) is 0 Å². The number of carbonyl (C=O) groups is 3. The van der Waals surface area contributed by atoms with E-state index in [1.807, 2.05) is 18.2 Å². The molecule has 2 fully saturated rings. The summed E-state index contributed by atoms with van der Waals surface area (Å²) in [6.07, 6.45) is 6.80. The third-order valence-corrected chi connectivity index (χ3v) is 9.18. The number of hydrogen-bond acceptors (Lipinski definition) is 9. The van der Waals surface area contributed by atoms with E-state index in [4.69, 9.17) is 23.9 Å². The minimum atomic E-state index is -1.07. The summed E-state index contributed by atoms with van der Waals surface area (Å²) >= 11 is 0. The Bertz CT molecular complexity index is 1410. The highest BCUT2D eigenvalue weighted by molar-refractivity contribution is 5.86. The molecule has 1 aromatic heterocycles. The van der Waals surface area contributed by atoms with Crippen LogP contribution in [0.15, 0.2) is 18.2 Å². The molecule has 0 unspecified atom stereocenters. The Labute approximate surface area is 258 Å². The average molecular weight is 612 g/mol. The number of methoxy groups -OCH3 is 2. The maximum absolute atomic E-state index is 12.3. The second-order valence-corrected chi connectivity index (χ2v) is 13.5. The van der Waals surface area contributed by atoms with E-state index in [1.165, 1.54) is 7.11 Å². The van der Waals surface area contributed by atoms with E-state index >= 15 is 0 Å². The Balaban J connectivity index is 1.17. The van der Waals surface area contributed by atoms with Crippen molar-refractivity contribution >= 4 is 28.9 Å². The number of aliphatic carboxylic acids is 1. The Morgan fingerprint density at radius 1 is 1.20 bits per heavy atom. The van der Waals surface area contributed by atoms with Crippen LogP contribution in [0, 0.1) is 11.3 Å². The summed E-state index contributed by atoms with van der Waals surface area (Å²) < 4.78 is 22.7. The van der Waals surface area contributed by atoms with Crippen LogP contribution in [-0.2, 0) is 31.9 Å². The number of esters is 1. The van der Waals surface area contributed by atoms with Gasteiger partial charge >= 0.3 is 18.0 Å². The third kappa shape index (κ3) is 7.03. The molecule has 1 aliphatic carbocycles. The molecule has 240 valence electrons. The summed E-state index contributed by atoms with van der Waals surface area (Å²) in [5, 5.41) is 16.3. The van der Waals surface area contributed by atoms with E-state index in [0.717, 1.165) is 85.0 Å². The number of carboxylic acid groups (broad SMARTS) is 1. The van der Waals surface area contributed by atoms with Crippen molar-refractivity contribution in [2.45, 2.75) is 102 Å². The van der Waals surface area contributed by atoms with Gasteiger partial charge in [0.1, 0.15) is 35.3 Å². The molecule has 0 bridgehead atoms. The molecule has 5 atom stereocenters. The molecular formula is C33H45N3O8. The van der Waals surface area contributed by atoms with E-state index in [2.05, 4.69) is 10.6 Å². The standard InChI is InChI=1S/C33H45N3O8/c1-32(2,3)28(29(37)38)36-31(40)43-26-15-19(26)9-7-6-8-10-24-27-21(22-16-20(41-4)11-12-23(22)35-24)13-14-33(44-27)17-25(34-18-33)30(39)42-5/h11-12,16,19,25-26,28,34H,6-10,13-15,17-18H2,1-5H3,(H,36,40)(H,37,38)/t19-,25+,26-,28-,33-/m1/s1. The van der Waals surface area contributed by atoms with Crippen LogP contribution >= 0.6 is 0 Å². The highest BCUT2D eigenvalue weighted by Crippen LogP contribution is 2.44. The summed E-state index contributed by atoms with van der Waals surface area (Å²) in [6, 6.07) is 4.56. The molecule has 11 nitrogen and oxygen atoms in total. The highest BCUT2D eigenvalue weighted by atomic mass is 16.6. The van der Waals surface area contributed by atoms with Gasteiger partial charge in [-0.25, -0.2) is 14.6 Å². The molecule has 1 saturated heterocycles. The number of pyridine rings is 1. The number of alkyl carbamates (subject to hydrolysis) is 1. The fraction of sp³-hybridized carbons (Fsp3) is 0.636. The second kappa shape index (κ2) is 12.8. The van der Waals surface area contributed by atoms with Gasteiger partial charge in [-0.2, -0.15) is 0 Å². The zero-order valence-electron chi connectivity index (χ0n) is 26.4. The molecule has 2 aromatic rings. The fourth-order valence-corrected chi connectivity index (χ4v) is 6.52. The van der Waals surface area contributed by atoms with E-state index in [-0.39, 0.29) is 18.1 Å². The predicted octanol–water partition coefficient (Wildman–Crippen LogP) is 4.56. The van der Waals surface area contributed by atoms with Crippen molar-refractivity contribution in [3.05, 3.63) is 29.5 Å². The molecule has 44 heavy (non-hydrogen) atoms. The minimum absolute atomic E-state index is 0.158. The van der Waals surface area contributed by atoms with Gasteiger partial charge in [0.15, 0.2) is 0 Å². The lowest BCUT2D eigenvalue weighted by Gasteiger charge is -2.36. The lowest BCUT2D eigenvalue weighted by molar-refractivity contribution is -0.143. The zero-order chi connectivity index (χ0) is 31.6. The minimum Gasteiger partial charge on any atom is -0.497 e. The number of nitrogens with one attached hydrogen (secondary N) is 2. The van der Waals surface area contributed by atoms with Gasteiger partial charge < -0.3 is 34.7 Å². The number of nitrogens with zero attached hydrogens (tertiary/aromatic N) is 1. The molecule has 3 aliphatic rings. The number of fused-ring (bicyclic) bond motifs is 3. The van der Waals surface area contributed by atoms with Gasteiger partial charge in [0.05, 0.1) is 25.4 Å². The maximum atomic E-state index is 12.3. The quantitative estimate of drug-likeness (QED) is 0.244. The van der Waals surface area contributed by atoms with Crippen LogP contribution in [0.4, 0.5) is 4.79 Å². The molecule has 2 aliphatic heterocycles. The number of unbranched alkanes of at least 4 members (excludes halogenated alkanes) is 2. The summed E-state index contributed by atoms with van der Waals surface area (Å²) in [4.78, 5) is 41.1. The largest absolute Gasteiger partial charge is 0.497 e. The first kappa shape index (κ1) is 31.8. The summed E-state index contributed by atoms with van der Waals surface area (Å²) in [5.74, 6) is 0.575. The first-order valence-corrected chi connectivity index (χ1v) is 15.6. The van der Waals surface area contributed by atoms with Gasteiger partial charge in [0, 0.05) is 23.9 Å². The van der Waals surface area contributed by atoms with Gasteiger partial charge in [-0.3, -0.25) is 4.79 Å². The Hall–Kier alpha value is -3.60. The number of hydrogen-bond donors (Lipinski definition) is 3. The summed E-state index contributed by atoms with van der Waals surface area (Å²) in [6.45, 7) is 5.88. The highest BCUT2D eigenvalue weighted by Gasteiger charge is 2.47. The van der Waals surface area contributed by atoms with Gasteiger partial charge in [0.2, 0.25) is 0 Å². The Morgan fingerprint density at radius 2 is 2.00 bits per heavy atom. The number of amides is 1. The topological polar surface area (TPSA) is 145 Å². The molecule has 5 rings (SSSR count). The van der Waals surface area contributed by atoms with E-state index < -0.39 is 29.1 Å². The zero-order valence-corrected chi connectivity index (χ0v) is 26.4. The SMILES string of the molecule is COC(=O)[C@@H]1C[C@]2(CCc3c(c(CCCCC[C@@H]4C[C@H]4OC(=O)N[C@H](C(=O)O)C(C)(C)C)nc4ccc(OC)cc34)O2)CN1. The monoisotopic (exact) mass is 611 g/mol. The summed E-state index contributed by atoms with van der Waals surface area (Å²) in [5.41, 5.74) is 1.91. The number of aromatic nitrogens is 1. The fourth-order valence-electron chi connectivity index (χ4n) is 6.52. The number of carboxylic acids is 1. The van der Waals surface area contributed by atoms with Crippen molar-refractivity contribution in [1.82, 2.24) is 15.6 Å². The molecule has 11 heteroatoms. The van der Waals surface area contributed by atoms with Crippen molar-refractivity contribution in [2.75, 3.05) is 20.8 Å². The molecule has 3 heterocycles. The van der Waals surface area contributed by atoms with Crippen molar-refractivity contribution in [1.29, 1.82) is 0 Å². The molecule has 1 saturated carbocycles. The number of ether oxygens (including phenoxy) is 4. The molecule has 0 radical (unpaired) electrons. The second-order valence-electron chi connectivity index (χ2n) is 13.5. The lowest BCUT2D eigenvalue weighted by Crippen LogP contribution is -2.49. The van der Waals surface area contributed by atoms with Crippen molar-refractivity contribution in [3.8, 4) is 11.5 Å². The van der Waals surface area contributed by atoms with Crippen LogP contribution < -0.4 is 20.1 Å². The predicted molar refractivity (Wildman–Crippen MR) is 163 cm³/mol. The first-order valence-electron chi connectivity index (χ1n) is 15.6. The number of aryl methyl sites for hydroxylation is 2. The number of carbonyl (C=O) groups excluding carboxylic acids is 2. The molecule has 1 amide bonds. The maximum Gasteiger partial charge on any atom is 0.408 e. The number of rotatable bonds is 11. The lowest BCUT2D eigenvalue weighted by atomic mass is 9.86. The van der Waals surface area contributed by atoms with Crippen LogP contribution in [0.2, 0.25) is 0 Å². The number of benzene rings is 1. The molecular weight excluding hydrogens is 566 g/mol. The smallest absolute Gasteiger partial charge is 0.408 e. The third-order valence-electron chi connectivity index (χ3n) is 9.18. The van der Waals surface area contributed by atoms with E-state index in [0.29, 0.717) is 18.9 Å². The van der Waals surface area contributed by atoms with Gasteiger partial charge in [-0.15, -0.1) is 0 Å². The van der Waals surface area contributed by atoms with Crippen LogP contribution in [0.25, 0.3) is 10.9 Å². The van der Waals surface area contributed by atoms with Crippen LogP contribution in [-0.4, -0.2) is 72.7 Å². The average Bonchev–Trinajstić information content (AvgIpc) is 3.59. The normalized spacial score (nSPS) is 24.7. The summed E-state index contributed by atoms with van der Waals surface area (Å²) in [7, 11) is 3.07. The van der Waals surface area contributed by atoms with Crippen LogP contribution in [0.3, 0.4) is 0 Å². The van der Waals surface area contributed by atoms with Crippen molar-refractivity contribution in [2.24, 2.45) is 11.3 Å². The van der Waals surface area contributed by atoms with Crippen LogP contribution in [0.1, 0.15) is 77.0 Å². The molecule has 1 spiro atoms. The molecule has 1 aromatic carbocycles. The first-order chi connectivity index (χ1) is 20.9.